The first kappa shape index (κ1) is 20.5. The number of hydrogen-bond donors (Lipinski definition) is 2. The van der Waals surface area contributed by atoms with Crippen LogP contribution in [0.15, 0.2) is 78.9 Å². The summed E-state index contributed by atoms with van der Waals surface area (Å²) in [7, 11) is 0. The van der Waals surface area contributed by atoms with E-state index < -0.39 is 11.8 Å². The van der Waals surface area contributed by atoms with Crippen LogP contribution in [-0.2, 0) is 4.79 Å². The number of phenolic OH excluding ortho intramolecular Hbond substituents is 2. The van der Waals surface area contributed by atoms with Crippen molar-refractivity contribution in [3.8, 4) is 17.2 Å². The number of ether oxygens (including phenoxy) is 1. The summed E-state index contributed by atoms with van der Waals surface area (Å²) in [6.07, 6.45) is 2.17. The van der Waals surface area contributed by atoms with Gasteiger partial charge in [-0.3, -0.25) is 9.59 Å². The van der Waals surface area contributed by atoms with Crippen molar-refractivity contribution in [3.05, 3.63) is 95.6 Å². The molecule has 0 amide bonds. The van der Waals surface area contributed by atoms with Gasteiger partial charge in [-0.05, 0) is 35.9 Å². The molecule has 0 bridgehead atoms. The van der Waals surface area contributed by atoms with E-state index in [1.54, 1.807) is 42.5 Å². The number of hydrogen-bond acceptors (Lipinski definition) is 6. The average Bonchev–Trinajstić information content (AvgIpc) is 2.75. The first-order chi connectivity index (χ1) is 14.4. The van der Waals surface area contributed by atoms with Crippen LogP contribution >= 0.6 is 0 Å². The summed E-state index contributed by atoms with van der Waals surface area (Å²) >= 11 is 0. The number of benzene rings is 3. The number of Topliss-reactive ketones (excluding diaryl/α,β-unsaturated/α-hetero) is 2. The van der Waals surface area contributed by atoms with Gasteiger partial charge >= 0.3 is 5.97 Å². The van der Waals surface area contributed by atoms with Gasteiger partial charge < -0.3 is 14.9 Å². The van der Waals surface area contributed by atoms with Crippen molar-refractivity contribution in [3.63, 3.8) is 0 Å². The first-order valence-corrected chi connectivity index (χ1v) is 9.06. The van der Waals surface area contributed by atoms with Gasteiger partial charge in [0.1, 0.15) is 5.75 Å². The molecule has 0 fully saturated rings. The zero-order chi connectivity index (χ0) is 21.5. The Bertz CT molecular complexity index is 1120. The quantitative estimate of drug-likeness (QED) is 0.154. The highest BCUT2D eigenvalue weighted by atomic mass is 16.5. The molecular formula is C24H18O6. The van der Waals surface area contributed by atoms with Gasteiger partial charge in [0.05, 0.1) is 12.0 Å². The summed E-state index contributed by atoms with van der Waals surface area (Å²) in [5, 5.41) is 18.8. The topological polar surface area (TPSA) is 101 Å². The lowest BCUT2D eigenvalue weighted by atomic mass is 10.0. The Kier molecular flexibility index (Phi) is 6.39. The normalized spacial score (nSPS) is 10.7. The third-order valence-electron chi connectivity index (χ3n) is 4.23. The Labute approximate surface area is 172 Å². The van der Waals surface area contributed by atoms with Crippen LogP contribution in [0.5, 0.6) is 17.2 Å². The van der Waals surface area contributed by atoms with E-state index in [4.69, 9.17) is 4.74 Å². The molecule has 0 radical (unpaired) electrons. The molecule has 3 aromatic carbocycles. The van der Waals surface area contributed by atoms with Crippen molar-refractivity contribution in [1.82, 2.24) is 0 Å². The van der Waals surface area contributed by atoms with Gasteiger partial charge in [-0.2, -0.15) is 0 Å². The summed E-state index contributed by atoms with van der Waals surface area (Å²) in [5.41, 5.74) is 1.03. The van der Waals surface area contributed by atoms with E-state index in [1.165, 1.54) is 36.4 Å². The fourth-order valence-electron chi connectivity index (χ4n) is 2.70. The molecule has 0 atom stereocenters. The van der Waals surface area contributed by atoms with Gasteiger partial charge in [-0.15, -0.1) is 0 Å². The standard InChI is InChI=1S/C24H18O6/c25-19-12-10-16(14-22(19)28)11-13-24(29)30-23-9-5-4-8-18(23)21(27)15-20(26)17-6-2-1-3-7-17/h1-14,25,28H,15H2. The Hall–Kier alpha value is -4.19. The SMILES string of the molecule is O=C(C=Cc1ccc(O)c(O)c1)Oc1ccccc1C(=O)CC(=O)c1ccccc1. The van der Waals surface area contributed by atoms with Crippen molar-refractivity contribution in [2.45, 2.75) is 6.42 Å². The molecule has 0 aliphatic rings. The molecule has 3 aromatic rings. The van der Waals surface area contributed by atoms with Crippen LogP contribution in [0.4, 0.5) is 0 Å². The van der Waals surface area contributed by atoms with Crippen LogP contribution in [0.25, 0.3) is 6.08 Å². The highest BCUT2D eigenvalue weighted by molar-refractivity contribution is 6.14. The Morgan fingerprint density at radius 2 is 1.50 bits per heavy atom. The van der Waals surface area contributed by atoms with Crippen molar-refractivity contribution >= 4 is 23.6 Å². The summed E-state index contributed by atoms with van der Waals surface area (Å²) in [6, 6.07) is 18.7. The lowest BCUT2D eigenvalue weighted by Gasteiger charge is -2.08. The molecule has 0 heterocycles. The van der Waals surface area contributed by atoms with Gasteiger partial charge in [0.15, 0.2) is 23.1 Å². The van der Waals surface area contributed by atoms with E-state index >= 15 is 0 Å². The number of carbonyl (C=O) groups is 3. The number of para-hydroxylation sites is 1. The lowest BCUT2D eigenvalue weighted by Crippen LogP contribution is -2.12. The highest BCUT2D eigenvalue weighted by Crippen LogP contribution is 2.25. The number of phenols is 2. The highest BCUT2D eigenvalue weighted by Gasteiger charge is 2.18. The van der Waals surface area contributed by atoms with Crippen molar-refractivity contribution < 1.29 is 29.3 Å². The smallest absolute Gasteiger partial charge is 0.336 e. The number of rotatable bonds is 7. The summed E-state index contributed by atoms with van der Waals surface area (Å²) < 4.78 is 5.26. The first-order valence-electron chi connectivity index (χ1n) is 9.06. The molecular weight excluding hydrogens is 384 g/mol. The van der Waals surface area contributed by atoms with Crippen LogP contribution in [-0.4, -0.2) is 27.7 Å². The predicted molar refractivity (Wildman–Crippen MR) is 111 cm³/mol. The fourth-order valence-corrected chi connectivity index (χ4v) is 2.70. The van der Waals surface area contributed by atoms with Crippen molar-refractivity contribution in [1.29, 1.82) is 0 Å². The molecule has 150 valence electrons. The molecule has 2 N–H and O–H groups in total. The van der Waals surface area contributed by atoms with Gasteiger partial charge in [0.2, 0.25) is 0 Å². The molecule has 0 aliphatic heterocycles. The molecule has 6 heteroatoms. The van der Waals surface area contributed by atoms with E-state index in [-0.39, 0.29) is 35.0 Å². The van der Waals surface area contributed by atoms with E-state index in [9.17, 15) is 24.6 Å². The molecule has 0 spiro atoms. The van der Waals surface area contributed by atoms with Crippen LogP contribution in [0.1, 0.15) is 32.7 Å². The third-order valence-corrected chi connectivity index (χ3v) is 4.23. The van der Waals surface area contributed by atoms with E-state index in [0.29, 0.717) is 11.1 Å². The molecule has 6 nitrogen and oxygen atoms in total. The lowest BCUT2D eigenvalue weighted by molar-refractivity contribution is -0.128. The molecule has 3 rings (SSSR count). The Balaban J connectivity index is 1.70. The number of carbonyl (C=O) groups excluding carboxylic acids is 3. The predicted octanol–water partition coefficient (Wildman–Crippen LogP) is 4.17. The van der Waals surface area contributed by atoms with Crippen LogP contribution in [0.2, 0.25) is 0 Å². The van der Waals surface area contributed by atoms with Crippen LogP contribution in [0, 0.1) is 0 Å². The van der Waals surface area contributed by atoms with E-state index in [1.807, 2.05) is 0 Å². The second-order valence-electron chi connectivity index (χ2n) is 6.39. The zero-order valence-electron chi connectivity index (χ0n) is 15.8. The van der Waals surface area contributed by atoms with E-state index in [0.717, 1.165) is 6.08 Å². The maximum atomic E-state index is 12.6. The number of esters is 1. The largest absolute Gasteiger partial charge is 0.504 e. The maximum absolute atomic E-state index is 12.6. The monoisotopic (exact) mass is 402 g/mol. The second-order valence-corrected chi connectivity index (χ2v) is 6.39. The zero-order valence-corrected chi connectivity index (χ0v) is 15.8. The minimum atomic E-state index is -0.739. The molecule has 0 unspecified atom stereocenters. The average molecular weight is 402 g/mol. The fraction of sp³-hybridized carbons (Fsp3) is 0.0417. The molecule has 0 aromatic heterocycles. The van der Waals surface area contributed by atoms with Gasteiger partial charge in [-0.1, -0.05) is 48.5 Å². The van der Waals surface area contributed by atoms with Crippen molar-refractivity contribution in [2.24, 2.45) is 0 Å². The van der Waals surface area contributed by atoms with Gasteiger partial charge in [0, 0.05) is 11.6 Å². The van der Waals surface area contributed by atoms with Gasteiger partial charge in [-0.25, -0.2) is 4.79 Å². The number of aromatic hydroxyl groups is 2. The Morgan fingerprint density at radius 3 is 2.23 bits per heavy atom. The third kappa shape index (κ3) is 5.20. The summed E-state index contributed by atoms with van der Waals surface area (Å²) in [6.45, 7) is 0. The molecule has 0 saturated carbocycles. The molecule has 0 aliphatic carbocycles. The second kappa shape index (κ2) is 9.34. The maximum Gasteiger partial charge on any atom is 0.336 e. The molecule has 0 saturated heterocycles. The number of ketones is 2. The summed E-state index contributed by atoms with van der Waals surface area (Å²) in [4.78, 5) is 37.0. The minimum Gasteiger partial charge on any atom is -0.504 e. The summed E-state index contributed by atoms with van der Waals surface area (Å²) in [5.74, 6) is -2.06. The minimum absolute atomic E-state index is 0.0477. The van der Waals surface area contributed by atoms with Crippen molar-refractivity contribution in [2.75, 3.05) is 0 Å². The van der Waals surface area contributed by atoms with Crippen LogP contribution < -0.4 is 4.74 Å². The Morgan fingerprint density at radius 1 is 0.800 bits per heavy atom. The molecule has 30 heavy (non-hydrogen) atoms. The van der Waals surface area contributed by atoms with Crippen LogP contribution in [0.3, 0.4) is 0 Å². The van der Waals surface area contributed by atoms with E-state index in [2.05, 4.69) is 0 Å². The van der Waals surface area contributed by atoms with Gasteiger partial charge in [0.25, 0.3) is 0 Å².